The van der Waals surface area contributed by atoms with Gasteiger partial charge in [0.15, 0.2) is 0 Å². The van der Waals surface area contributed by atoms with Crippen molar-refractivity contribution < 1.29 is 19.8 Å². The zero-order chi connectivity index (χ0) is 7.15. The molecular weight excluding hydrogens is 293 g/mol. The van der Waals surface area contributed by atoms with E-state index in [9.17, 15) is 0 Å². The molecule has 4 nitrogen and oxygen atoms in total. The monoisotopic (exact) mass is 296 g/mol. The number of rotatable bonds is 0. The first-order valence-corrected chi connectivity index (χ1v) is 11.6. The average molecular weight is 296 g/mol. The van der Waals surface area contributed by atoms with Crippen molar-refractivity contribution in [3.05, 3.63) is 0 Å². The first-order chi connectivity index (χ1) is 3.64. The van der Waals surface area contributed by atoms with Crippen LogP contribution in [-0.4, -0.2) is 116 Å². The van der Waals surface area contributed by atoms with E-state index in [1.807, 2.05) is 0 Å². The van der Waals surface area contributed by atoms with E-state index >= 15 is 0 Å². The van der Waals surface area contributed by atoms with Crippen LogP contribution in [0.4, 0.5) is 0 Å². The molecule has 0 unspecified atom stereocenters. The summed E-state index contributed by atoms with van der Waals surface area (Å²) in [4.78, 5) is 18.2. The Morgan fingerprint density at radius 3 is 1.22 bits per heavy atom. The summed E-state index contributed by atoms with van der Waals surface area (Å²) in [5, 5.41) is 14.8. The van der Waals surface area contributed by atoms with Crippen molar-refractivity contribution in [3.63, 3.8) is 0 Å². The average Bonchev–Trinajstić information content (AvgIpc) is 1.72. The molecule has 0 fully saturated rings. The van der Waals surface area contributed by atoms with Gasteiger partial charge in [-0.3, -0.25) is 0 Å². The van der Waals surface area contributed by atoms with Gasteiger partial charge in [-0.2, -0.15) is 0 Å². The molecule has 2 N–H and O–H groups in total. The van der Waals surface area contributed by atoms with Gasteiger partial charge >= 0.3 is 117 Å². The van der Waals surface area contributed by atoms with Gasteiger partial charge < -0.3 is 10.2 Å². The molecule has 0 aliphatic carbocycles. The van der Waals surface area contributed by atoms with E-state index < -0.39 is 11.9 Å². The summed E-state index contributed by atoms with van der Waals surface area (Å²) in [6.07, 6.45) is 0. The minimum atomic E-state index is -1.82. The Hall–Kier alpha value is 2.94. The molecule has 0 radical (unpaired) electrons. The SMILES string of the molecule is O=C(O)C(=O)O.[KH].[K][I]. The van der Waals surface area contributed by atoms with Gasteiger partial charge in [0.25, 0.3) is 0 Å². The van der Waals surface area contributed by atoms with Gasteiger partial charge in [-0.1, -0.05) is 0 Å². The predicted molar refractivity (Wildman–Crippen MR) is 42.2 cm³/mol. The van der Waals surface area contributed by atoms with Gasteiger partial charge in [-0.25, -0.2) is 9.59 Å². The number of carbonyl (C=O) groups is 2. The summed E-state index contributed by atoms with van der Waals surface area (Å²) >= 11 is 3.37. The Labute approximate surface area is 133 Å². The van der Waals surface area contributed by atoms with E-state index in [0.29, 0.717) is 0 Å². The second-order valence-corrected chi connectivity index (χ2v) is 0.610. The van der Waals surface area contributed by atoms with Gasteiger partial charge in [-0.05, 0) is 0 Å². The minimum absolute atomic E-state index is 0. The van der Waals surface area contributed by atoms with Gasteiger partial charge in [-0.15, -0.1) is 0 Å². The zero-order valence-corrected chi connectivity index (χ0v) is 9.37. The normalized spacial score (nSPS) is 5.67. The van der Waals surface area contributed by atoms with Crippen LogP contribution in [-0.2, 0) is 9.59 Å². The van der Waals surface area contributed by atoms with Crippen LogP contribution in [0, 0.1) is 0 Å². The summed E-state index contributed by atoms with van der Waals surface area (Å²) in [5.74, 6) is -3.65. The fourth-order valence-corrected chi connectivity index (χ4v) is 0. The Kier molecular flexibility index (Phi) is 26.9. The van der Waals surface area contributed by atoms with Crippen LogP contribution < -0.4 is 0 Å². The third kappa shape index (κ3) is 18.2. The fraction of sp³-hybridized carbons (Fsp3) is 0. The van der Waals surface area contributed by atoms with E-state index in [1.54, 1.807) is 0 Å². The zero-order valence-electron chi connectivity index (χ0n) is 4.09. The molecule has 0 aromatic rings. The molecule has 44 valence electrons. The molecule has 0 aliphatic heterocycles. The Morgan fingerprint density at radius 2 is 1.22 bits per heavy atom. The van der Waals surface area contributed by atoms with Crippen LogP contribution in [0.25, 0.3) is 0 Å². The molecule has 7 heteroatoms. The molecule has 0 amide bonds. The second-order valence-electron chi connectivity index (χ2n) is 0.610. The summed E-state index contributed by atoms with van der Waals surface area (Å²) < 4.78 is 0. The number of carboxylic acid groups (broad SMARTS) is 2. The summed E-state index contributed by atoms with van der Waals surface area (Å²) in [6, 6.07) is 0. The third-order valence-corrected chi connectivity index (χ3v) is 0.183. The van der Waals surface area contributed by atoms with E-state index in [1.165, 1.54) is 0 Å². The number of aliphatic carboxylic acids is 2. The summed E-state index contributed by atoms with van der Waals surface area (Å²) in [5.41, 5.74) is 0. The number of halogens is 1. The van der Waals surface area contributed by atoms with E-state index in [0.717, 1.165) is 42.7 Å². The van der Waals surface area contributed by atoms with Crippen LogP contribution in [0.5, 0.6) is 0 Å². The van der Waals surface area contributed by atoms with Crippen molar-refractivity contribution in [2.45, 2.75) is 0 Å². The van der Waals surface area contributed by atoms with Crippen molar-refractivity contribution >= 4 is 117 Å². The van der Waals surface area contributed by atoms with E-state index in [2.05, 4.69) is 11.3 Å². The molecule has 0 aromatic heterocycles. The Morgan fingerprint density at radius 1 is 1.11 bits per heavy atom. The molecule has 0 saturated heterocycles. The fourth-order valence-electron chi connectivity index (χ4n) is 0. The molecule has 9 heavy (non-hydrogen) atoms. The Balaban J connectivity index is -0.000000109. The van der Waals surface area contributed by atoms with Crippen LogP contribution in [0.2, 0.25) is 0 Å². The maximum atomic E-state index is 9.10. The molecule has 0 atom stereocenters. The van der Waals surface area contributed by atoms with E-state index in [4.69, 9.17) is 19.8 Å². The van der Waals surface area contributed by atoms with Crippen molar-refractivity contribution in [3.8, 4) is 0 Å². The maximum absolute atomic E-state index is 9.10. The van der Waals surface area contributed by atoms with Crippen LogP contribution in [0.15, 0.2) is 0 Å². The van der Waals surface area contributed by atoms with Crippen molar-refractivity contribution in [2.75, 3.05) is 0 Å². The summed E-state index contributed by atoms with van der Waals surface area (Å²) in [6.45, 7) is 0. The first kappa shape index (κ1) is 17.9. The molecule has 0 heterocycles. The molecule has 0 rings (SSSR count). The summed E-state index contributed by atoms with van der Waals surface area (Å²) in [7, 11) is 0. The quantitative estimate of drug-likeness (QED) is 0.342. The van der Waals surface area contributed by atoms with Gasteiger partial charge in [0.05, 0.1) is 0 Å². The molecule has 0 saturated carbocycles. The number of hydrogen-bond acceptors (Lipinski definition) is 2. The second kappa shape index (κ2) is 13.5. The van der Waals surface area contributed by atoms with Gasteiger partial charge in [0.2, 0.25) is 0 Å². The Bertz CT molecular complexity index is 82.6. The van der Waals surface area contributed by atoms with Crippen LogP contribution >= 0.6 is 11.3 Å². The molecule has 0 bridgehead atoms. The van der Waals surface area contributed by atoms with Crippen molar-refractivity contribution in [1.82, 2.24) is 0 Å². The number of carboxylic acids is 2. The van der Waals surface area contributed by atoms with E-state index in [-0.39, 0.29) is 51.4 Å². The predicted octanol–water partition coefficient (Wildman–Crippen LogP) is -0.988. The topological polar surface area (TPSA) is 74.6 Å². The van der Waals surface area contributed by atoms with Crippen molar-refractivity contribution in [1.29, 1.82) is 0 Å². The van der Waals surface area contributed by atoms with Crippen LogP contribution in [0.3, 0.4) is 0 Å². The van der Waals surface area contributed by atoms with Gasteiger partial charge in [0, 0.05) is 0 Å². The molecular formula is C2H3IK2O4. The first-order valence-electron chi connectivity index (χ1n) is 1.48. The third-order valence-electron chi connectivity index (χ3n) is 0.183. The van der Waals surface area contributed by atoms with Crippen LogP contribution in [0.1, 0.15) is 0 Å². The molecule has 0 aliphatic rings. The molecule has 0 spiro atoms. The van der Waals surface area contributed by atoms with Crippen molar-refractivity contribution in [2.24, 2.45) is 0 Å². The molecule has 0 aromatic carbocycles. The van der Waals surface area contributed by atoms with Gasteiger partial charge in [0.1, 0.15) is 0 Å². The number of hydrogen-bond donors (Lipinski definition) is 2. The standard InChI is InChI=1S/C2H2O4.HI.2K.H/c3-1(4)2(5)6;;;;/h(H,3,4)(H,5,6);1H;;;/q;;;+1;/p-1.